The monoisotopic (exact) mass is 255 g/mol. The van der Waals surface area contributed by atoms with E-state index in [1.54, 1.807) is 0 Å². The maximum atomic E-state index is 11.0. The molecule has 0 unspecified atom stereocenters. The third kappa shape index (κ3) is 1.53. The fraction of sp³-hybridized carbons (Fsp3) is 0.529. The van der Waals surface area contributed by atoms with E-state index in [0.717, 1.165) is 18.5 Å². The van der Waals surface area contributed by atoms with Gasteiger partial charge in [-0.2, -0.15) is 0 Å². The number of nitrogens with zero attached hydrogens (tertiary/aromatic N) is 1. The molecule has 0 bridgehead atoms. The van der Waals surface area contributed by atoms with Crippen LogP contribution in [0.5, 0.6) is 0 Å². The van der Waals surface area contributed by atoms with Crippen molar-refractivity contribution in [1.29, 1.82) is 0 Å². The average molecular weight is 255 g/mol. The molecule has 2 heteroatoms. The third-order valence-electron chi connectivity index (χ3n) is 5.43. The topological polar surface area (TPSA) is 25.2 Å². The largest absolute Gasteiger partial charge is 0.384 e. The van der Waals surface area contributed by atoms with Crippen molar-refractivity contribution in [3.63, 3.8) is 0 Å². The van der Waals surface area contributed by atoms with E-state index in [2.05, 4.69) is 41.9 Å². The summed E-state index contributed by atoms with van der Waals surface area (Å²) in [5.41, 5.74) is 2.20. The van der Waals surface area contributed by atoms with Gasteiger partial charge in [0, 0.05) is 12.6 Å². The summed E-state index contributed by atoms with van der Waals surface area (Å²) < 4.78 is 2.18. The van der Waals surface area contributed by atoms with Crippen LogP contribution < -0.4 is 0 Å². The van der Waals surface area contributed by atoms with Crippen molar-refractivity contribution in [2.24, 2.45) is 12.5 Å². The van der Waals surface area contributed by atoms with Crippen molar-refractivity contribution in [3.8, 4) is 0 Å². The molecule has 0 atom stereocenters. The zero-order valence-electron chi connectivity index (χ0n) is 11.5. The van der Waals surface area contributed by atoms with Crippen molar-refractivity contribution >= 4 is 10.9 Å². The van der Waals surface area contributed by atoms with Gasteiger partial charge in [-0.1, -0.05) is 31.0 Å². The van der Waals surface area contributed by atoms with E-state index in [1.807, 2.05) is 0 Å². The van der Waals surface area contributed by atoms with Gasteiger partial charge in [0.1, 0.15) is 5.60 Å². The number of hydrogen-bond donors (Lipinski definition) is 1. The number of benzene rings is 1. The van der Waals surface area contributed by atoms with Crippen LogP contribution in [0.1, 0.15) is 44.2 Å². The van der Waals surface area contributed by atoms with Crippen LogP contribution in [0, 0.1) is 5.41 Å². The molecule has 1 heterocycles. The first-order chi connectivity index (χ1) is 9.12. The first-order valence-corrected chi connectivity index (χ1v) is 7.39. The summed E-state index contributed by atoms with van der Waals surface area (Å²) in [7, 11) is 2.08. The van der Waals surface area contributed by atoms with Gasteiger partial charge in [0.2, 0.25) is 0 Å². The minimum absolute atomic E-state index is 0.463. The number of fused-ring (bicyclic) bond motifs is 1. The van der Waals surface area contributed by atoms with Gasteiger partial charge in [-0.25, -0.2) is 0 Å². The Morgan fingerprint density at radius 3 is 2.47 bits per heavy atom. The molecule has 1 N–H and O–H groups in total. The Balaban J connectivity index is 1.73. The Hall–Kier alpha value is -1.28. The van der Waals surface area contributed by atoms with Crippen molar-refractivity contribution in [1.82, 2.24) is 4.57 Å². The van der Waals surface area contributed by atoms with Crippen molar-refractivity contribution < 1.29 is 5.11 Å². The molecule has 2 fully saturated rings. The molecule has 1 aromatic heterocycles. The Labute approximate surface area is 114 Å². The summed E-state index contributed by atoms with van der Waals surface area (Å²) in [5, 5.41) is 12.2. The van der Waals surface area contributed by atoms with Gasteiger partial charge < -0.3 is 9.67 Å². The summed E-state index contributed by atoms with van der Waals surface area (Å²) in [6, 6.07) is 10.6. The molecule has 0 saturated heterocycles. The fourth-order valence-electron chi connectivity index (χ4n) is 4.58. The van der Waals surface area contributed by atoms with E-state index in [1.165, 1.54) is 36.6 Å². The maximum absolute atomic E-state index is 11.0. The number of hydrogen-bond acceptors (Lipinski definition) is 1. The molecule has 0 aliphatic heterocycles. The summed E-state index contributed by atoms with van der Waals surface area (Å²) in [6.45, 7) is 0. The molecular formula is C17H21NO. The highest BCUT2D eigenvalue weighted by Crippen LogP contribution is 2.61. The standard InChI is InChI=1S/C17H21NO/c1-18-14-7-3-2-6-13(14)10-15(18)17(19)11-16(12-17)8-4-5-9-16/h2-3,6-7,10,19H,4-5,8-9,11-12H2,1H3. The number of rotatable bonds is 1. The lowest BCUT2D eigenvalue weighted by molar-refractivity contribution is -0.136. The van der Waals surface area contributed by atoms with E-state index < -0.39 is 5.60 Å². The third-order valence-corrected chi connectivity index (χ3v) is 5.43. The maximum Gasteiger partial charge on any atom is 0.106 e. The number of aliphatic hydroxyl groups is 1. The van der Waals surface area contributed by atoms with Gasteiger partial charge in [-0.3, -0.25) is 0 Å². The molecule has 100 valence electrons. The minimum Gasteiger partial charge on any atom is -0.384 e. The van der Waals surface area contributed by atoms with Gasteiger partial charge in [-0.15, -0.1) is 0 Å². The summed E-state index contributed by atoms with van der Waals surface area (Å²) in [4.78, 5) is 0. The van der Waals surface area contributed by atoms with E-state index in [9.17, 15) is 5.11 Å². The highest BCUT2D eigenvalue weighted by Gasteiger charge is 2.56. The lowest BCUT2D eigenvalue weighted by Crippen LogP contribution is -2.49. The summed E-state index contributed by atoms with van der Waals surface area (Å²) in [5.74, 6) is 0. The molecule has 1 aromatic carbocycles. The first-order valence-electron chi connectivity index (χ1n) is 7.39. The molecule has 2 aromatic rings. The molecule has 2 saturated carbocycles. The second kappa shape index (κ2) is 3.63. The second-order valence-corrected chi connectivity index (χ2v) is 6.74. The summed E-state index contributed by atoms with van der Waals surface area (Å²) in [6.07, 6.45) is 7.27. The molecule has 4 rings (SSSR count). The number of aromatic nitrogens is 1. The smallest absolute Gasteiger partial charge is 0.106 e. The molecular weight excluding hydrogens is 234 g/mol. The Morgan fingerprint density at radius 1 is 1.11 bits per heavy atom. The van der Waals surface area contributed by atoms with Gasteiger partial charge >= 0.3 is 0 Å². The van der Waals surface area contributed by atoms with Gasteiger partial charge in [0.05, 0.1) is 5.69 Å². The highest BCUT2D eigenvalue weighted by molar-refractivity contribution is 5.81. The van der Waals surface area contributed by atoms with E-state index >= 15 is 0 Å². The Morgan fingerprint density at radius 2 is 1.79 bits per heavy atom. The van der Waals surface area contributed by atoms with Crippen LogP contribution in [0.15, 0.2) is 30.3 Å². The first kappa shape index (κ1) is 11.5. The van der Waals surface area contributed by atoms with Crippen LogP contribution in [-0.2, 0) is 12.6 Å². The zero-order valence-corrected chi connectivity index (χ0v) is 11.5. The minimum atomic E-state index is -0.585. The summed E-state index contributed by atoms with van der Waals surface area (Å²) >= 11 is 0. The van der Waals surface area contributed by atoms with E-state index in [4.69, 9.17) is 0 Å². The Bertz CT molecular complexity index is 626. The number of para-hydroxylation sites is 1. The molecule has 0 radical (unpaired) electrons. The molecule has 2 aliphatic carbocycles. The van der Waals surface area contributed by atoms with E-state index in [0.29, 0.717) is 5.41 Å². The van der Waals surface area contributed by atoms with Crippen molar-refractivity contribution in [3.05, 3.63) is 36.0 Å². The quantitative estimate of drug-likeness (QED) is 0.825. The lowest BCUT2D eigenvalue weighted by Gasteiger charge is -2.52. The molecule has 19 heavy (non-hydrogen) atoms. The van der Waals surface area contributed by atoms with Gasteiger partial charge in [0.25, 0.3) is 0 Å². The van der Waals surface area contributed by atoms with Crippen LogP contribution in [0.3, 0.4) is 0 Å². The van der Waals surface area contributed by atoms with E-state index in [-0.39, 0.29) is 0 Å². The Kier molecular flexibility index (Phi) is 2.21. The SMILES string of the molecule is Cn1c(C2(O)CC3(CCCC3)C2)cc2ccccc21. The fourth-order valence-corrected chi connectivity index (χ4v) is 4.58. The van der Waals surface area contributed by atoms with Crippen molar-refractivity contribution in [2.45, 2.75) is 44.1 Å². The van der Waals surface area contributed by atoms with Gasteiger partial charge in [-0.05, 0) is 48.6 Å². The number of aryl methyl sites for hydroxylation is 1. The van der Waals surface area contributed by atoms with Crippen LogP contribution in [-0.4, -0.2) is 9.67 Å². The van der Waals surface area contributed by atoms with Crippen LogP contribution in [0.2, 0.25) is 0 Å². The predicted octanol–water partition coefficient (Wildman–Crippen LogP) is 3.72. The molecule has 2 aliphatic rings. The molecule has 0 amide bonds. The predicted molar refractivity (Wildman–Crippen MR) is 77.0 cm³/mol. The van der Waals surface area contributed by atoms with Gasteiger partial charge in [0.15, 0.2) is 0 Å². The normalized spacial score (nSPS) is 23.9. The van der Waals surface area contributed by atoms with Crippen molar-refractivity contribution in [2.75, 3.05) is 0 Å². The second-order valence-electron chi connectivity index (χ2n) is 6.74. The van der Waals surface area contributed by atoms with Crippen LogP contribution in [0.25, 0.3) is 10.9 Å². The highest BCUT2D eigenvalue weighted by atomic mass is 16.3. The average Bonchev–Trinajstić information content (AvgIpc) is 2.95. The molecule has 1 spiro atoms. The van der Waals surface area contributed by atoms with Crippen LogP contribution in [0.4, 0.5) is 0 Å². The van der Waals surface area contributed by atoms with Crippen LogP contribution >= 0.6 is 0 Å². The lowest BCUT2D eigenvalue weighted by atomic mass is 9.57. The zero-order chi connectivity index (χ0) is 13.1. The molecule has 2 nitrogen and oxygen atoms in total.